The Morgan fingerprint density at radius 3 is 2.78 bits per heavy atom. The van der Waals surface area contributed by atoms with E-state index in [1.807, 2.05) is 0 Å². The largest absolute Gasteiger partial charge is 0.481 e. The fourth-order valence-electron chi connectivity index (χ4n) is 2.63. The van der Waals surface area contributed by atoms with E-state index in [0.29, 0.717) is 29.4 Å². The molecule has 2 atom stereocenters. The Bertz CT molecular complexity index is 583. The average Bonchev–Trinajstić information content (AvgIpc) is 2.53. The molecular weight excluding hydrogens is 343 g/mol. The minimum Gasteiger partial charge on any atom is -0.481 e. The molecule has 0 spiro atoms. The van der Waals surface area contributed by atoms with Crippen molar-refractivity contribution in [3.8, 4) is 5.88 Å². The monoisotopic (exact) mass is 360 g/mol. The first-order valence-corrected chi connectivity index (χ1v) is 8.17. The van der Waals surface area contributed by atoms with Gasteiger partial charge in [0.05, 0.1) is 17.5 Å². The number of carboxylic acids is 1. The molecule has 1 aromatic heterocycles. The molecule has 0 aliphatic heterocycles. The summed E-state index contributed by atoms with van der Waals surface area (Å²) < 4.78 is 5.38. The number of aromatic nitrogens is 1. The van der Waals surface area contributed by atoms with Gasteiger partial charge >= 0.3 is 5.97 Å². The normalized spacial score (nSPS) is 20.8. The first kappa shape index (κ1) is 17.8. The maximum atomic E-state index is 12.1. The van der Waals surface area contributed by atoms with Gasteiger partial charge in [0, 0.05) is 12.1 Å². The molecule has 126 valence electrons. The Hall–Kier alpha value is -1.53. The third-order valence-corrected chi connectivity index (χ3v) is 4.29. The van der Waals surface area contributed by atoms with Gasteiger partial charge < -0.3 is 15.2 Å². The fourth-order valence-corrected chi connectivity index (χ4v) is 3.06. The molecule has 0 bridgehead atoms. The highest BCUT2D eigenvalue weighted by Crippen LogP contribution is 2.29. The molecule has 23 heavy (non-hydrogen) atoms. The van der Waals surface area contributed by atoms with Crippen molar-refractivity contribution in [2.24, 2.45) is 11.8 Å². The van der Waals surface area contributed by atoms with Crippen LogP contribution in [-0.2, 0) is 9.59 Å². The molecule has 6 nitrogen and oxygen atoms in total. The van der Waals surface area contributed by atoms with Crippen LogP contribution in [0.3, 0.4) is 0 Å². The third kappa shape index (κ3) is 5.25. The molecule has 2 rings (SSSR count). The Morgan fingerprint density at radius 1 is 1.35 bits per heavy atom. The summed E-state index contributed by atoms with van der Waals surface area (Å²) in [6.07, 6.45) is 3.95. The molecule has 1 aliphatic rings. The summed E-state index contributed by atoms with van der Waals surface area (Å²) in [7, 11) is 0. The van der Waals surface area contributed by atoms with Crippen LogP contribution in [0.1, 0.15) is 25.7 Å². The van der Waals surface area contributed by atoms with Gasteiger partial charge in [0.1, 0.15) is 11.6 Å². The van der Waals surface area contributed by atoms with E-state index in [-0.39, 0.29) is 24.3 Å². The summed E-state index contributed by atoms with van der Waals surface area (Å²) in [5.74, 6) is -1.37. The number of pyridine rings is 1. The van der Waals surface area contributed by atoms with Crippen molar-refractivity contribution in [1.29, 1.82) is 0 Å². The SMILES string of the molecule is O=C(O)C1CCCC(C(=O)NCCOc2ncc(Cl)cc2Cl)C1. The minimum atomic E-state index is -0.825. The molecule has 0 radical (unpaired) electrons. The highest BCUT2D eigenvalue weighted by molar-refractivity contribution is 6.35. The predicted octanol–water partition coefficient (Wildman–Crippen LogP) is 2.77. The number of hydrogen-bond acceptors (Lipinski definition) is 4. The van der Waals surface area contributed by atoms with E-state index in [1.165, 1.54) is 12.3 Å². The van der Waals surface area contributed by atoms with Gasteiger partial charge in [-0.25, -0.2) is 4.98 Å². The second-order valence-corrected chi connectivity index (χ2v) is 6.32. The van der Waals surface area contributed by atoms with Crippen molar-refractivity contribution in [2.75, 3.05) is 13.2 Å². The Balaban J connectivity index is 1.73. The molecule has 2 N–H and O–H groups in total. The quantitative estimate of drug-likeness (QED) is 0.761. The highest BCUT2D eigenvalue weighted by Gasteiger charge is 2.30. The van der Waals surface area contributed by atoms with Crippen molar-refractivity contribution in [3.05, 3.63) is 22.3 Å². The van der Waals surface area contributed by atoms with E-state index in [4.69, 9.17) is 33.0 Å². The molecule has 1 aromatic rings. The molecule has 1 amide bonds. The van der Waals surface area contributed by atoms with E-state index in [9.17, 15) is 9.59 Å². The molecule has 2 unspecified atom stereocenters. The zero-order valence-electron chi connectivity index (χ0n) is 12.4. The van der Waals surface area contributed by atoms with E-state index in [0.717, 1.165) is 12.8 Å². The summed E-state index contributed by atoms with van der Waals surface area (Å²) in [5.41, 5.74) is 0. The van der Waals surface area contributed by atoms with Gasteiger partial charge in [-0.15, -0.1) is 0 Å². The van der Waals surface area contributed by atoms with Crippen LogP contribution in [0.4, 0.5) is 0 Å². The first-order chi connectivity index (χ1) is 11.0. The van der Waals surface area contributed by atoms with Crippen LogP contribution < -0.4 is 10.1 Å². The molecule has 0 aromatic carbocycles. The molecule has 0 saturated heterocycles. The zero-order chi connectivity index (χ0) is 16.8. The van der Waals surface area contributed by atoms with Crippen molar-refractivity contribution < 1.29 is 19.4 Å². The number of nitrogens with one attached hydrogen (secondary N) is 1. The second kappa shape index (κ2) is 8.36. The van der Waals surface area contributed by atoms with Crippen LogP contribution in [0.15, 0.2) is 12.3 Å². The molecule has 1 heterocycles. The number of aliphatic carboxylic acids is 1. The van der Waals surface area contributed by atoms with E-state index < -0.39 is 11.9 Å². The summed E-state index contributed by atoms with van der Waals surface area (Å²) in [6, 6.07) is 1.53. The van der Waals surface area contributed by atoms with Crippen LogP contribution in [-0.4, -0.2) is 35.1 Å². The molecule has 1 fully saturated rings. The Kier molecular flexibility index (Phi) is 6.47. The Morgan fingerprint density at radius 2 is 2.09 bits per heavy atom. The van der Waals surface area contributed by atoms with Crippen LogP contribution in [0, 0.1) is 11.8 Å². The molecule has 1 saturated carbocycles. The topological polar surface area (TPSA) is 88.5 Å². The minimum absolute atomic E-state index is 0.130. The number of amides is 1. The van der Waals surface area contributed by atoms with Crippen molar-refractivity contribution in [3.63, 3.8) is 0 Å². The number of ether oxygens (including phenoxy) is 1. The van der Waals surface area contributed by atoms with Crippen LogP contribution >= 0.6 is 23.2 Å². The maximum absolute atomic E-state index is 12.1. The predicted molar refractivity (Wildman–Crippen MR) is 85.8 cm³/mol. The number of carbonyl (C=O) groups excluding carboxylic acids is 1. The number of carboxylic acid groups (broad SMARTS) is 1. The Labute approximate surface area is 144 Å². The van der Waals surface area contributed by atoms with Crippen LogP contribution in [0.25, 0.3) is 0 Å². The van der Waals surface area contributed by atoms with E-state index in [1.54, 1.807) is 0 Å². The average molecular weight is 361 g/mol. The summed E-state index contributed by atoms with van der Waals surface area (Å²) >= 11 is 11.7. The lowest BCUT2D eigenvalue weighted by atomic mass is 9.81. The second-order valence-electron chi connectivity index (χ2n) is 5.48. The lowest BCUT2D eigenvalue weighted by Crippen LogP contribution is -2.37. The van der Waals surface area contributed by atoms with Gasteiger partial charge in [-0.05, 0) is 25.3 Å². The standard InChI is InChI=1S/C15H18Cl2N2O4/c16-11-7-12(17)14(19-8-11)23-5-4-18-13(20)9-2-1-3-10(6-9)15(21)22/h7-10H,1-6H2,(H,18,20)(H,21,22). The van der Waals surface area contributed by atoms with E-state index >= 15 is 0 Å². The van der Waals surface area contributed by atoms with Gasteiger partial charge in [0.25, 0.3) is 0 Å². The fraction of sp³-hybridized carbons (Fsp3) is 0.533. The van der Waals surface area contributed by atoms with Gasteiger partial charge in [0.15, 0.2) is 0 Å². The van der Waals surface area contributed by atoms with Crippen molar-refractivity contribution in [2.45, 2.75) is 25.7 Å². The molecule has 8 heteroatoms. The van der Waals surface area contributed by atoms with Crippen LogP contribution in [0.5, 0.6) is 5.88 Å². The van der Waals surface area contributed by atoms with Crippen LogP contribution in [0.2, 0.25) is 10.0 Å². The zero-order valence-corrected chi connectivity index (χ0v) is 13.9. The lowest BCUT2D eigenvalue weighted by Gasteiger charge is -2.25. The van der Waals surface area contributed by atoms with Crippen molar-refractivity contribution >= 4 is 35.1 Å². The summed E-state index contributed by atoms with van der Waals surface area (Å²) in [5, 5.41) is 12.5. The summed E-state index contributed by atoms with van der Waals surface area (Å²) in [4.78, 5) is 27.0. The first-order valence-electron chi connectivity index (χ1n) is 7.41. The van der Waals surface area contributed by atoms with Gasteiger partial charge in [-0.2, -0.15) is 0 Å². The van der Waals surface area contributed by atoms with Gasteiger partial charge in [-0.1, -0.05) is 29.6 Å². The van der Waals surface area contributed by atoms with Crippen molar-refractivity contribution in [1.82, 2.24) is 10.3 Å². The molecule has 1 aliphatic carbocycles. The number of carbonyl (C=O) groups is 2. The smallest absolute Gasteiger partial charge is 0.306 e. The van der Waals surface area contributed by atoms with E-state index in [2.05, 4.69) is 10.3 Å². The van der Waals surface area contributed by atoms with Gasteiger partial charge in [-0.3, -0.25) is 9.59 Å². The number of nitrogens with zero attached hydrogens (tertiary/aromatic N) is 1. The number of rotatable bonds is 6. The number of hydrogen-bond donors (Lipinski definition) is 2. The summed E-state index contributed by atoms with van der Waals surface area (Å²) in [6.45, 7) is 0.517. The maximum Gasteiger partial charge on any atom is 0.306 e. The number of halogens is 2. The highest BCUT2D eigenvalue weighted by atomic mass is 35.5. The third-order valence-electron chi connectivity index (χ3n) is 3.81. The molecular formula is C15H18Cl2N2O4. The van der Waals surface area contributed by atoms with Gasteiger partial charge in [0.2, 0.25) is 11.8 Å². The lowest BCUT2D eigenvalue weighted by molar-refractivity contribution is -0.144.